The van der Waals surface area contributed by atoms with Crippen molar-refractivity contribution >= 4 is 0 Å². The quantitative estimate of drug-likeness (QED) is 0.668. The first-order valence-corrected chi connectivity index (χ1v) is 6.94. The predicted molar refractivity (Wildman–Crippen MR) is 72.9 cm³/mol. The molecule has 0 amide bonds. The second-order valence-electron chi connectivity index (χ2n) is 5.20. The molecule has 3 heteroatoms. The van der Waals surface area contributed by atoms with Gasteiger partial charge >= 0.3 is 0 Å². The number of hydrogen-bond donors (Lipinski definition) is 1. The summed E-state index contributed by atoms with van der Waals surface area (Å²) in [6.45, 7) is 9.76. The van der Waals surface area contributed by atoms with Crippen molar-refractivity contribution in [3.63, 3.8) is 0 Å². The van der Waals surface area contributed by atoms with Crippen molar-refractivity contribution in [1.29, 1.82) is 0 Å². The van der Waals surface area contributed by atoms with E-state index in [4.69, 9.17) is 0 Å². The second kappa shape index (κ2) is 8.29. The van der Waals surface area contributed by atoms with Gasteiger partial charge in [-0.1, -0.05) is 40.0 Å². The fourth-order valence-electron chi connectivity index (χ4n) is 1.88. The molecule has 1 heterocycles. The van der Waals surface area contributed by atoms with Crippen LogP contribution in [-0.2, 0) is 13.1 Å². The Bertz CT molecular complexity index is 291. The fourth-order valence-corrected chi connectivity index (χ4v) is 1.88. The van der Waals surface area contributed by atoms with Crippen LogP contribution in [0, 0.1) is 5.92 Å². The zero-order valence-electron chi connectivity index (χ0n) is 11.6. The summed E-state index contributed by atoms with van der Waals surface area (Å²) in [6.07, 6.45) is 9.42. The van der Waals surface area contributed by atoms with Crippen LogP contribution in [0.2, 0.25) is 0 Å². The molecule has 0 fully saturated rings. The average molecular weight is 237 g/mol. The van der Waals surface area contributed by atoms with Crippen LogP contribution < -0.4 is 5.32 Å². The molecule has 0 unspecified atom stereocenters. The number of nitrogens with one attached hydrogen (secondary N) is 1. The number of hydrogen-bond acceptors (Lipinski definition) is 2. The van der Waals surface area contributed by atoms with E-state index < -0.39 is 0 Å². The number of aromatic nitrogens is 2. The summed E-state index contributed by atoms with van der Waals surface area (Å²) >= 11 is 0. The molecular weight excluding hydrogens is 210 g/mol. The summed E-state index contributed by atoms with van der Waals surface area (Å²) < 4.78 is 2.04. The minimum absolute atomic E-state index is 0.657. The second-order valence-corrected chi connectivity index (χ2v) is 5.20. The first-order chi connectivity index (χ1) is 8.22. The van der Waals surface area contributed by atoms with Crippen LogP contribution in [0.5, 0.6) is 0 Å². The average Bonchev–Trinajstić information content (AvgIpc) is 2.70. The lowest BCUT2D eigenvalue weighted by atomic mass is 10.2. The molecule has 17 heavy (non-hydrogen) atoms. The molecule has 0 saturated carbocycles. The summed E-state index contributed by atoms with van der Waals surface area (Å²) in [4.78, 5) is 0. The molecule has 1 aromatic heterocycles. The van der Waals surface area contributed by atoms with Gasteiger partial charge in [0.15, 0.2) is 0 Å². The molecule has 0 aromatic carbocycles. The van der Waals surface area contributed by atoms with Crippen LogP contribution >= 0.6 is 0 Å². The van der Waals surface area contributed by atoms with Crippen LogP contribution in [0.4, 0.5) is 0 Å². The lowest BCUT2D eigenvalue weighted by Gasteiger charge is -2.04. The largest absolute Gasteiger partial charge is 0.313 e. The smallest absolute Gasteiger partial charge is 0.0534 e. The van der Waals surface area contributed by atoms with E-state index in [1.807, 2.05) is 10.9 Å². The van der Waals surface area contributed by atoms with Crippen LogP contribution in [0.1, 0.15) is 52.0 Å². The molecule has 0 bridgehead atoms. The third-order valence-corrected chi connectivity index (χ3v) is 2.78. The minimum atomic E-state index is 0.657. The van der Waals surface area contributed by atoms with Gasteiger partial charge in [0.05, 0.1) is 6.20 Å². The zero-order chi connectivity index (χ0) is 12.5. The Balaban J connectivity index is 2.12. The van der Waals surface area contributed by atoms with Gasteiger partial charge in [0, 0.05) is 24.8 Å². The Hall–Kier alpha value is -0.830. The summed E-state index contributed by atoms with van der Waals surface area (Å²) in [5, 5.41) is 7.84. The normalized spacial score (nSPS) is 11.3. The third kappa shape index (κ3) is 6.47. The van der Waals surface area contributed by atoms with Gasteiger partial charge in [0.25, 0.3) is 0 Å². The van der Waals surface area contributed by atoms with Crippen LogP contribution in [0.3, 0.4) is 0 Å². The van der Waals surface area contributed by atoms with E-state index in [1.165, 1.54) is 31.2 Å². The van der Waals surface area contributed by atoms with Crippen LogP contribution in [-0.4, -0.2) is 16.3 Å². The molecule has 0 aliphatic rings. The Labute approximate surface area is 106 Å². The molecule has 0 saturated heterocycles. The standard InChI is InChI=1S/C14H27N3/c1-4-5-6-7-8-15-9-14-10-16-17(12-14)11-13(2)3/h10,12-13,15H,4-9,11H2,1-3H3. The zero-order valence-corrected chi connectivity index (χ0v) is 11.6. The van der Waals surface area contributed by atoms with Crippen molar-refractivity contribution in [2.45, 2.75) is 59.5 Å². The van der Waals surface area contributed by atoms with E-state index >= 15 is 0 Å². The first-order valence-electron chi connectivity index (χ1n) is 6.94. The molecule has 98 valence electrons. The summed E-state index contributed by atoms with van der Waals surface area (Å²) in [5.74, 6) is 0.657. The van der Waals surface area contributed by atoms with Crippen molar-refractivity contribution in [3.8, 4) is 0 Å². The summed E-state index contributed by atoms with van der Waals surface area (Å²) in [7, 11) is 0. The van der Waals surface area contributed by atoms with Crippen LogP contribution in [0.15, 0.2) is 12.4 Å². The Morgan fingerprint density at radius 1 is 1.29 bits per heavy atom. The van der Waals surface area contributed by atoms with Crippen molar-refractivity contribution in [2.24, 2.45) is 5.92 Å². The van der Waals surface area contributed by atoms with Crippen molar-refractivity contribution in [1.82, 2.24) is 15.1 Å². The van der Waals surface area contributed by atoms with Gasteiger partial charge < -0.3 is 5.32 Å². The van der Waals surface area contributed by atoms with E-state index in [0.29, 0.717) is 5.92 Å². The molecule has 0 aliphatic heterocycles. The van der Waals surface area contributed by atoms with E-state index in [1.54, 1.807) is 0 Å². The number of rotatable bonds is 9. The minimum Gasteiger partial charge on any atom is -0.313 e. The summed E-state index contributed by atoms with van der Waals surface area (Å²) in [6, 6.07) is 0. The number of unbranched alkanes of at least 4 members (excludes halogenated alkanes) is 3. The van der Waals surface area contributed by atoms with Gasteiger partial charge in [-0.3, -0.25) is 4.68 Å². The third-order valence-electron chi connectivity index (χ3n) is 2.78. The number of nitrogens with zero attached hydrogens (tertiary/aromatic N) is 2. The maximum atomic E-state index is 4.36. The maximum Gasteiger partial charge on any atom is 0.0534 e. The Kier molecular flexibility index (Phi) is 6.94. The lowest BCUT2D eigenvalue weighted by molar-refractivity contribution is 0.482. The topological polar surface area (TPSA) is 29.9 Å². The molecule has 3 nitrogen and oxygen atoms in total. The van der Waals surface area contributed by atoms with Gasteiger partial charge in [-0.2, -0.15) is 5.10 Å². The van der Waals surface area contributed by atoms with Gasteiger partial charge in [-0.05, 0) is 18.9 Å². The van der Waals surface area contributed by atoms with Gasteiger partial charge in [0.1, 0.15) is 0 Å². The predicted octanol–water partition coefficient (Wildman–Crippen LogP) is 3.21. The molecule has 1 N–H and O–H groups in total. The highest BCUT2D eigenvalue weighted by Crippen LogP contribution is 2.02. The first kappa shape index (κ1) is 14.2. The van der Waals surface area contributed by atoms with E-state index in [0.717, 1.165) is 19.6 Å². The van der Waals surface area contributed by atoms with Crippen LogP contribution in [0.25, 0.3) is 0 Å². The SMILES string of the molecule is CCCCCCNCc1cnn(CC(C)C)c1. The molecular formula is C14H27N3. The lowest BCUT2D eigenvalue weighted by Crippen LogP contribution is -2.14. The molecule has 0 aliphatic carbocycles. The van der Waals surface area contributed by atoms with Crippen molar-refractivity contribution < 1.29 is 0 Å². The maximum absolute atomic E-state index is 4.36. The molecule has 0 atom stereocenters. The van der Waals surface area contributed by atoms with E-state index in [-0.39, 0.29) is 0 Å². The van der Waals surface area contributed by atoms with Gasteiger partial charge in [0.2, 0.25) is 0 Å². The van der Waals surface area contributed by atoms with Crippen molar-refractivity contribution in [2.75, 3.05) is 6.54 Å². The Morgan fingerprint density at radius 3 is 2.82 bits per heavy atom. The van der Waals surface area contributed by atoms with E-state index in [9.17, 15) is 0 Å². The monoisotopic (exact) mass is 237 g/mol. The van der Waals surface area contributed by atoms with Crippen molar-refractivity contribution in [3.05, 3.63) is 18.0 Å². The summed E-state index contributed by atoms with van der Waals surface area (Å²) in [5.41, 5.74) is 1.29. The van der Waals surface area contributed by atoms with Gasteiger partial charge in [-0.15, -0.1) is 0 Å². The molecule has 1 aromatic rings. The van der Waals surface area contributed by atoms with Gasteiger partial charge in [-0.25, -0.2) is 0 Å². The molecule has 1 rings (SSSR count). The fraction of sp³-hybridized carbons (Fsp3) is 0.786. The highest BCUT2D eigenvalue weighted by molar-refractivity contribution is 5.03. The highest BCUT2D eigenvalue weighted by atomic mass is 15.3. The molecule has 0 spiro atoms. The molecule has 0 radical (unpaired) electrons. The Morgan fingerprint density at radius 2 is 2.12 bits per heavy atom. The van der Waals surface area contributed by atoms with E-state index in [2.05, 4.69) is 37.4 Å². The highest BCUT2D eigenvalue weighted by Gasteiger charge is 2.00.